The Morgan fingerprint density at radius 3 is 2.56 bits per heavy atom. The smallest absolute Gasteiger partial charge is 0.258 e. The Bertz CT molecular complexity index is 602. The molecular formula is C12H12N4O2. The van der Waals surface area contributed by atoms with Gasteiger partial charge in [-0.25, -0.2) is 0 Å². The molecule has 0 atom stereocenters. The fourth-order valence-corrected chi connectivity index (χ4v) is 1.66. The molecule has 6 heteroatoms. The lowest BCUT2D eigenvalue weighted by Crippen LogP contribution is -1.96. The number of hydrogen-bond acceptors (Lipinski definition) is 4. The molecule has 0 saturated carbocycles. The lowest BCUT2D eigenvalue weighted by atomic mass is 10.2. The lowest BCUT2D eigenvalue weighted by molar-refractivity contribution is -0.386. The molecule has 0 N–H and O–H groups in total. The van der Waals surface area contributed by atoms with Gasteiger partial charge in [0.15, 0.2) is 0 Å². The predicted molar refractivity (Wildman–Crippen MR) is 67.8 cm³/mol. The highest BCUT2D eigenvalue weighted by Gasteiger charge is 2.21. The van der Waals surface area contributed by atoms with Crippen LogP contribution < -0.4 is 0 Å². The maximum atomic E-state index is 10.8. The van der Waals surface area contributed by atoms with Crippen LogP contribution in [0.4, 0.5) is 5.69 Å². The topological polar surface area (TPSA) is 73.3 Å². The van der Waals surface area contributed by atoms with E-state index in [0.717, 1.165) is 5.56 Å². The van der Waals surface area contributed by atoms with Crippen LogP contribution in [-0.2, 0) is 0 Å². The van der Waals surface area contributed by atoms with Crippen molar-refractivity contribution in [2.24, 2.45) is 5.10 Å². The Hall–Kier alpha value is -2.50. The van der Waals surface area contributed by atoms with Crippen molar-refractivity contribution in [2.45, 2.75) is 13.8 Å². The van der Waals surface area contributed by atoms with E-state index in [1.54, 1.807) is 20.1 Å². The first-order valence-electron chi connectivity index (χ1n) is 5.39. The van der Waals surface area contributed by atoms with Gasteiger partial charge in [-0.2, -0.15) is 5.10 Å². The second kappa shape index (κ2) is 4.79. The van der Waals surface area contributed by atoms with Crippen molar-refractivity contribution in [1.29, 1.82) is 0 Å². The minimum atomic E-state index is -0.438. The number of nitrogens with zero attached hydrogens (tertiary/aromatic N) is 4. The average Bonchev–Trinajstić information content (AvgIpc) is 2.63. The summed E-state index contributed by atoms with van der Waals surface area (Å²) in [5, 5.41) is 19.0. The van der Waals surface area contributed by atoms with Crippen LogP contribution in [0.25, 0.3) is 0 Å². The molecule has 0 fully saturated rings. The summed E-state index contributed by atoms with van der Waals surface area (Å²) < 4.78 is 0. The van der Waals surface area contributed by atoms with E-state index in [1.807, 2.05) is 30.3 Å². The number of aryl methyl sites for hydroxylation is 1. The van der Waals surface area contributed by atoms with E-state index >= 15 is 0 Å². The molecule has 6 nitrogen and oxygen atoms in total. The molecule has 0 bridgehead atoms. The van der Waals surface area contributed by atoms with E-state index in [-0.39, 0.29) is 5.69 Å². The zero-order valence-electron chi connectivity index (χ0n) is 10.1. The van der Waals surface area contributed by atoms with Gasteiger partial charge in [0.25, 0.3) is 0 Å². The van der Waals surface area contributed by atoms with Crippen LogP contribution in [0.3, 0.4) is 0 Å². The van der Waals surface area contributed by atoms with Crippen molar-refractivity contribution in [3.8, 4) is 0 Å². The van der Waals surface area contributed by atoms with Gasteiger partial charge in [0.05, 0.1) is 11.1 Å². The maximum absolute atomic E-state index is 10.8. The second-order valence-corrected chi connectivity index (χ2v) is 3.82. The van der Waals surface area contributed by atoms with E-state index in [2.05, 4.69) is 10.2 Å². The average molecular weight is 244 g/mol. The minimum Gasteiger partial charge on any atom is -0.258 e. The molecule has 1 aromatic carbocycles. The Labute approximate surface area is 104 Å². The monoisotopic (exact) mass is 244 g/mol. The predicted octanol–water partition coefficient (Wildman–Crippen LogP) is 2.29. The van der Waals surface area contributed by atoms with E-state index in [4.69, 9.17) is 0 Å². The molecule has 0 spiro atoms. The van der Waals surface area contributed by atoms with Crippen LogP contribution in [0.1, 0.15) is 17.0 Å². The van der Waals surface area contributed by atoms with Crippen molar-refractivity contribution in [3.63, 3.8) is 0 Å². The van der Waals surface area contributed by atoms with Crippen LogP contribution in [-0.4, -0.2) is 21.0 Å². The molecule has 0 amide bonds. The van der Waals surface area contributed by atoms with Gasteiger partial charge < -0.3 is 0 Å². The molecule has 0 aliphatic carbocycles. The molecule has 18 heavy (non-hydrogen) atoms. The molecule has 0 aliphatic heterocycles. The molecule has 1 heterocycles. The third-order valence-electron chi connectivity index (χ3n) is 2.53. The van der Waals surface area contributed by atoms with Gasteiger partial charge in [-0.15, -0.1) is 9.89 Å². The van der Waals surface area contributed by atoms with Gasteiger partial charge >= 0.3 is 5.69 Å². The summed E-state index contributed by atoms with van der Waals surface area (Å²) in [5.74, 6) is 0. The minimum absolute atomic E-state index is 0.0141. The molecule has 2 rings (SSSR count). The number of benzene rings is 1. The Kier molecular flexibility index (Phi) is 3.18. The third-order valence-corrected chi connectivity index (χ3v) is 2.53. The van der Waals surface area contributed by atoms with E-state index in [0.29, 0.717) is 11.4 Å². The van der Waals surface area contributed by atoms with Crippen LogP contribution >= 0.6 is 0 Å². The molecular weight excluding hydrogens is 232 g/mol. The van der Waals surface area contributed by atoms with Crippen LogP contribution in [0.15, 0.2) is 35.4 Å². The normalized spacial score (nSPS) is 11.0. The van der Waals surface area contributed by atoms with Crippen molar-refractivity contribution < 1.29 is 4.92 Å². The summed E-state index contributed by atoms with van der Waals surface area (Å²) >= 11 is 0. The van der Waals surface area contributed by atoms with Gasteiger partial charge in [0.2, 0.25) is 0 Å². The van der Waals surface area contributed by atoms with Crippen molar-refractivity contribution in [2.75, 3.05) is 0 Å². The van der Waals surface area contributed by atoms with Crippen molar-refractivity contribution in [1.82, 2.24) is 9.89 Å². The van der Waals surface area contributed by atoms with E-state index in [9.17, 15) is 10.1 Å². The van der Waals surface area contributed by atoms with Crippen molar-refractivity contribution in [3.05, 3.63) is 57.4 Å². The van der Waals surface area contributed by atoms with Crippen LogP contribution in [0, 0.1) is 24.0 Å². The first kappa shape index (κ1) is 12.0. The summed E-state index contributed by atoms with van der Waals surface area (Å²) in [6, 6.07) is 9.48. The number of nitro groups is 1. The molecule has 2 aromatic rings. The third kappa shape index (κ3) is 2.27. The van der Waals surface area contributed by atoms with Crippen LogP contribution in [0.2, 0.25) is 0 Å². The van der Waals surface area contributed by atoms with Crippen LogP contribution in [0.5, 0.6) is 0 Å². The Morgan fingerprint density at radius 2 is 2.00 bits per heavy atom. The SMILES string of the molecule is Cc1nn(/N=C/c2ccccc2)c(C)c1[N+](=O)[O-]. The molecule has 92 valence electrons. The summed E-state index contributed by atoms with van der Waals surface area (Å²) in [6.45, 7) is 3.22. The first-order chi connectivity index (χ1) is 8.59. The summed E-state index contributed by atoms with van der Waals surface area (Å²) in [5.41, 5.74) is 1.71. The highest BCUT2D eigenvalue weighted by molar-refractivity contribution is 5.79. The fourth-order valence-electron chi connectivity index (χ4n) is 1.66. The van der Waals surface area contributed by atoms with Gasteiger partial charge in [0, 0.05) is 0 Å². The maximum Gasteiger partial charge on any atom is 0.315 e. The standard InChI is InChI=1S/C12H12N4O2/c1-9-12(16(17)18)10(2)15(14-9)13-8-11-6-4-3-5-7-11/h3-8H,1-2H3/b13-8+. The second-order valence-electron chi connectivity index (χ2n) is 3.82. The largest absolute Gasteiger partial charge is 0.315 e. The van der Waals surface area contributed by atoms with E-state index < -0.39 is 4.92 Å². The summed E-state index contributed by atoms with van der Waals surface area (Å²) in [7, 11) is 0. The highest BCUT2D eigenvalue weighted by atomic mass is 16.6. The molecule has 1 aromatic heterocycles. The Balaban J connectivity index is 2.34. The van der Waals surface area contributed by atoms with Gasteiger partial charge in [-0.1, -0.05) is 30.3 Å². The van der Waals surface area contributed by atoms with E-state index in [1.165, 1.54) is 4.79 Å². The molecule has 0 unspecified atom stereocenters. The lowest BCUT2D eigenvalue weighted by Gasteiger charge is -1.94. The van der Waals surface area contributed by atoms with Gasteiger partial charge in [-0.3, -0.25) is 10.1 Å². The first-order valence-corrected chi connectivity index (χ1v) is 5.39. The summed E-state index contributed by atoms with van der Waals surface area (Å²) in [4.78, 5) is 11.7. The number of rotatable bonds is 3. The Morgan fingerprint density at radius 1 is 1.33 bits per heavy atom. The molecule has 0 aliphatic rings. The van der Waals surface area contributed by atoms with Gasteiger partial charge in [-0.05, 0) is 19.4 Å². The zero-order chi connectivity index (χ0) is 13.1. The number of aromatic nitrogens is 2. The van der Waals surface area contributed by atoms with Gasteiger partial charge in [0.1, 0.15) is 11.4 Å². The molecule has 0 saturated heterocycles. The van der Waals surface area contributed by atoms with Crippen molar-refractivity contribution >= 4 is 11.9 Å². The number of hydrogen-bond donors (Lipinski definition) is 0. The molecule has 0 radical (unpaired) electrons. The quantitative estimate of drug-likeness (QED) is 0.472. The highest BCUT2D eigenvalue weighted by Crippen LogP contribution is 2.21. The zero-order valence-corrected chi connectivity index (χ0v) is 10.1. The summed E-state index contributed by atoms with van der Waals surface area (Å²) in [6.07, 6.45) is 1.61. The fraction of sp³-hybridized carbons (Fsp3) is 0.167.